The molecule has 0 aliphatic carbocycles. The summed E-state index contributed by atoms with van der Waals surface area (Å²) >= 11 is 0. The van der Waals surface area contributed by atoms with E-state index in [4.69, 9.17) is 4.74 Å². The van der Waals surface area contributed by atoms with Crippen LogP contribution in [0, 0.1) is 0 Å². The van der Waals surface area contributed by atoms with Gasteiger partial charge in [0.25, 0.3) is 0 Å². The van der Waals surface area contributed by atoms with E-state index in [1.54, 1.807) is 0 Å². The third-order valence-electron chi connectivity index (χ3n) is 4.22. The third kappa shape index (κ3) is 2.33. The number of nitrogens with zero attached hydrogens (tertiary/aromatic N) is 1. The minimum Gasteiger partial charge on any atom is -0.377 e. The van der Waals surface area contributed by atoms with Crippen molar-refractivity contribution in [1.82, 2.24) is 10.2 Å². The molecule has 2 heterocycles. The van der Waals surface area contributed by atoms with Gasteiger partial charge in [-0.2, -0.15) is 0 Å². The van der Waals surface area contributed by atoms with E-state index in [-0.39, 0.29) is 11.6 Å². The lowest BCUT2D eigenvalue weighted by atomic mass is 9.91. The van der Waals surface area contributed by atoms with E-state index >= 15 is 0 Å². The Labute approximate surface area is 104 Å². The third-order valence-corrected chi connectivity index (χ3v) is 4.22. The Bertz CT molecular complexity index is 275. The number of carbonyl (C=O) groups is 1. The van der Waals surface area contributed by atoms with Crippen LogP contribution < -0.4 is 5.32 Å². The molecule has 2 fully saturated rings. The van der Waals surface area contributed by atoms with Gasteiger partial charge in [-0.15, -0.1) is 0 Å². The van der Waals surface area contributed by atoms with Crippen molar-refractivity contribution >= 4 is 5.91 Å². The highest BCUT2D eigenvalue weighted by molar-refractivity contribution is 5.87. The molecule has 2 rings (SSSR count). The second-order valence-corrected chi connectivity index (χ2v) is 5.10. The number of nitrogens with one attached hydrogen (secondary N) is 1. The van der Waals surface area contributed by atoms with Gasteiger partial charge in [-0.3, -0.25) is 4.79 Å². The number of hydrogen-bond acceptors (Lipinski definition) is 3. The first-order valence-electron chi connectivity index (χ1n) is 6.87. The average Bonchev–Trinajstić information content (AvgIpc) is 2.88. The van der Waals surface area contributed by atoms with Crippen LogP contribution in [-0.2, 0) is 9.53 Å². The maximum absolute atomic E-state index is 12.7. The second-order valence-electron chi connectivity index (χ2n) is 5.10. The minimum atomic E-state index is -0.287. The molecule has 0 aromatic heterocycles. The van der Waals surface area contributed by atoms with Gasteiger partial charge in [0, 0.05) is 6.54 Å². The number of amides is 1. The van der Waals surface area contributed by atoms with Gasteiger partial charge in [-0.05, 0) is 32.2 Å². The van der Waals surface area contributed by atoms with E-state index in [1.165, 1.54) is 0 Å². The zero-order valence-electron chi connectivity index (χ0n) is 11.0. The highest BCUT2D eigenvalue weighted by Gasteiger charge is 2.43. The van der Waals surface area contributed by atoms with E-state index in [9.17, 15) is 4.79 Å². The Hall–Kier alpha value is -0.610. The molecular formula is C13H24N2O2. The molecule has 17 heavy (non-hydrogen) atoms. The van der Waals surface area contributed by atoms with Crippen molar-refractivity contribution in [3.63, 3.8) is 0 Å². The van der Waals surface area contributed by atoms with E-state index < -0.39 is 0 Å². The summed E-state index contributed by atoms with van der Waals surface area (Å²) in [7, 11) is 0. The van der Waals surface area contributed by atoms with Crippen molar-refractivity contribution < 1.29 is 9.53 Å². The number of rotatable bonds is 3. The number of morpholine rings is 1. The molecule has 0 radical (unpaired) electrons. The van der Waals surface area contributed by atoms with Crippen LogP contribution in [0.2, 0.25) is 0 Å². The van der Waals surface area contributed by atoms with Crippen LogP contribution in [0.4, 0.5) is 0 Å². The summed E-state index contributed by atoms with van der Waals surface area (Å²) in [6.07, 6.45) is 3.96. The van der Waals surface area contributed by atoms with Crippen LogP contribution >= 0.6 is 0 Å². The van der Waals surface area contributed by atoms with Crippen LogP contribution in [0.25, 0.3) is 0 Å². The Morgan fingerprint density at radius 3 is 2.94 bits per heavy atom. The van der Waals surface area contributed by atoms with Gasteiger partial charge in [0.15, 0.2) is 0 Å². The largest absolute Gasteiger partial charge is 0.377 e. The van der Waals surface area contributed by atoms with Crippen molar-refractivity contribution in [3.8, 4) is 0 Å². The first kappa shape index (κ1) is 12.8. The molecule has 98 valence electrons. The molecule has 0 aromatic rings. The molecule has 2 saturated heterocycles. The van der Waals surface area contributed by atoms with Crippen molar-refractivity contribution in [3.05, 3.63) is 0 Å². The average molecular weight is 240 g/mol. The normalized spacial score (nSPS) is 34.0. The van der Waals surface area contributed by atoms with E-state index in [0.29, 0.717) is 19.1 Å². The topological polar surface area (TPSA) is 41.6 Å². The van der Waals surface area contributed by atoms with Gasteiger partial charge in [0.2, 0.25) is 5.91 Å². The van der Waals surface area contributed by atoms with Crippen LogP contribution in [0.3, 0.4) is 0 Å². The standard InChI is InChI=1S/C13H24N2O2/c1-3-11-10-17-9-8-15(11)12(16)13(4-2)6-5-7-14-13/h11,14H,3-10H2,1-2H3. The summed E-state index contributed by atoms with van der Waals surface area (Å²) in [5.41, 5.74) is -0.287. The Morgan fingerprint density at radius 2 is 2.35 bits per heavy atom. The number of hydrogen-bond donors (Lipinski definition) is 1. The lowest BCUT2D eigenvalue weighted by Gasteiger charge is -2.40. The minimum absolute atomic E-state index is 0.266. The predicted molar refractivity (Wildman–Crippen MR) is 66.9 cm³/mol. The summed E-state index contributed by atoms with van der Waals surface area (Å²) in [6, 6.07) is 0.266. The molecule has 1 amide bonds. The lowest BCUT2D eigenvalue weighted by molar-refractivity contribution is -0.147. The van der Waals surface area contributed by atoms with Gasteiger partial charge >= 0.3 is 0 Å². The zero-order valence-corrected chi connectivity index (χ0v) is 11.0. The van der Waals surface area contributed by atoms with Crippen molar-refractivity contribution in [2.75, 3.05) is 26.3 Å². The summed E-state index contributed by atoms with van der Waals surface area (Å²) < 4.78 is 5.47. The molecule has 2 aliphatic heterocycles. The molecule has 0 bridgehead atoms. The van der Waals surface area contributed by atoms with E-state index in [1.807, 2.05) is 4.90 Å². The van der Waals surface area contributed by atoms with Gasteiger partial charge < -0.3 is 15.0 Å². The molecule has 0 saturated carbocycles. The van der Waals surface area contributed by atoms with Crippen LogP contribution in [0.5, 0.6) is 0 Å². The summed E-state index contributed by atoms with van der Waals surface area (Å²) in [5.74, 6) is 0.299. The maximum Gasteiger partial charge on any atom is 0.243 e. The Balaban J connectivity index is 2.11. The first-order chi connectivity index (χ1) is 8.23. The molecule has 2 unspecified atom stereocenters. The zero-order chi connectivity index (χ0) is 12.3. The molecule has 0 spiro atoms. The van der Waals surface area contributed by atoms with E-state index in [0.717, 1.165) is 38.8 Å². The van der Waals surface area contributed by atoms with Gasteiger partial charge in [0.05, 0.1) is 24.8 Å². The molecule has 2 aliphatic rings. The summed E-state index contributed by atoms with van der Waals surface area (Å²) in [4.78, 5) is 14.8. The number of ether oxygens (including phenoxy) is 1. The van der Waals surface area contributed by atoms with Crippen LogP contribution in [0.1, 0.15) is 39.5 Å². The van der Waals surface area contributed by atoms with Crippen LogP contribution in [0.15, 0.2) is 0 Å². The molecule has 4 nitrogen and oxygen atoms in total. The monoisotopic (exact) mass is 240 g/mol. The summed E-state index contributed by atoms with van der Waals surface area (Å²) in [6.45, 7) is 7.34. The summed E-state index contributed by atoms with van der Waals surface area (Å²) in [5, 5.41) is 3.43. The molecule has 4 heteroatoms. The van der Waals surface area contributed by atoms with Crippen LogP contribution in [-0.4, -0.2) is 48.7 Å². The molecule has 1 N–H and O–H groups in total. The Kier molecular flexibility index (Phi) is 4.05. The quantitative estimate of drug-likeness (QED) is 0.805. The van der Waals surface area contributed by atoms with Crippen molar-refractivity contribution in [1.29, 1.82) is 0 Å². The second kappa shape index (κ2) is 5.36. The highest BCUT2D eigenvalue weighted by Crippen LogP contribution is 2.27. The fraction of sp³-hybridized carbons (Fsp3) is 0.923. The van der Waals surface area contributed by atoms with Crippen molar-refractivity contribution in [2.24, 2.45) is 0 Å². The van der Waals surface area contributed by atoms with Gasteiger partial charge in [-0.25, -0.2) is 0 Å². The fourth-order valence-corrected chi connectivity index (χ4v) is 2.98. The van der Waals surface area contributed by atoms with Gasteiger partial charge in [-0.1, -0.05) is 13.8 Å². The van der Waals surface area contributed by atoms with Crippen molar-refractivity contribution in [2.45, 2.75) is 51.1 Å². The first-order valence-corrected chi connectivity index (χ1v) is 6.87. The SMILES string of the molecule is CCC1COCCN1C(=O)C1(CC)CCCN1. The fourth-order valence-electron chi connectivity index (χ4n) is 2.98. The molecule has 2 atom stereocenters. The van der Waals surface area contributed by atoms with E-state index in [2.05, 4.69) is 19.2 Å². The molecular weight excluding hydrogens is 216 g/mol. The smallest absolute Gasteiger partial charge is 0.243 e. The maximum atomic E-state index is 12.7. The number of carbonyl (C=O) groups excluding carboxylic acids is 1. The lowest BCUT2D eigenvalue weighted by Crippen LogP contribution is -2.60. The van der Waals surface area contributed by atoms with Gasteiger partial charge in [0.1, 0.15) is 0 Å². The Morgan fingerprint density at radius 1 is 1.53 bits per heavy atom. The molecule has 0 aromatic carbocycles. The highest BCUT2D eigenvalue weighted by atomic mass is 16.5. The predicted octanol–water partition coefficient (Wildman–Crippen LogP) is 1.16.